The van der Waals surface area contributed by atoms with Crippen molar-refractivity contribution in [2.24, 2.45) is 0 Å². The monoisotopic (exact) mass is 390 g/mol. The second kappa shape index (κ2) is 9.90. The van der Waals surface area contributed by atoms with Crippen molar-refractivity contribution in [2.75, 3.05) is 7.11 Å². The summed E-state index contributed by atoms with van der Waals surface area (Å²) in [6, 6.07) is 27.2. The van der Waals surface area contributed by atoms with E-state index in [9.17, 15) is 0 Å². The van der Waals surface area contributed by atoms with Gasteiger partial charge in [0, 0.05) is 12.1 Å². The van der Waals surface area contributed by atoms with Crippen LogP contribution in [0.3, 0.4) is 0 Å². The fourth-order valence-corrected chi connectivity index (χ4v) is 3.38. The average Bonchev–Trinajstić information content (AvgIpc) is 2.73. The number of ether oxygens (including phenoxy) is 1. The predicted octanol–water partition coefficient (Wildman–Crippen LogP) is 4.95. The molecule has 0 aliphatic rings. The van der Waals surface area contributed by atoms with Crippen LogP contribution in [0, 0.1) is 6.92 Å². The molecule has 4 heteroatoms. The van der Waals surface area contributed by atoms with E-state index < -0.39 is 0 Å². The molecule has 1 atom stereocenters. The van der Waals surface area contributed by atoms with Crippen LogP contribution in [0.25, 0.3) is 0 Å². The molecule has 0 aromatic heterocycles. The summed E-state index contributed by atoms with van der Waals surface area (Å²) in [7, 11) is 1.69. The minimum atomic E-state index is 0.100. The Morgan fingerprint density at radius 3 is 2.32 bits per heavy atom. The highest BCUT2D eigenvalue weighted by Gasteiger charge is 2.14. The van der Waals surface area contributed by atoms with Gasteiger partial charge in [-0.15, -0.1) is 0 Å². The molecule has 0 aliphatic carbocycles. The lowest BCUT2D eigenvalue weighted by molar-refractivity contribution is 0.408. The lowest BCUT2D eigenvalue weighted by Crippen LogP contribution is -2.38. The summed E-state index contributed by atoms with van der Waals surface area (Å²) >= 11 is 5.59. The highest BCUT2D eigenvalue weighted by molar-refractivity contribution is 7.80. The molecule has 0 saturated carbocycles. The lowest BCUT2D eigenvalue weighted by Gasteiger charge is -2.22. The molecular weight excluding hydrogens is 364 g/mol. The summed E-state index contributed by atoms with van der Waals surface area (Å²) in [5, 5.41) is 7.43. The fraction of sp³-hybridized carbons (Fsp3) is 0.208. The maximum atomic E-state index is 5.59. The third-order valence-corrected chi connectivity index (χ3v) is 4.93. The highest BCUT2D eigenvalue weighted by Crippen LogP contribution is 2.20. The Balaban J connectivity index is 1.67. The van der Waals surface area contributed by atoms with Crippen molar-refractivity contribution in [1.29, 1.82) is 0 Å². The second-order valence-electron chi connectivity index (χ2n) is 6.80. The molecule has 3 nitrogen and oxygen atoms in total. The van der Waals surface area contributed by atoms with E-state index >= 15 is 0 Å². The van der Waals surface area contributed by atoms with E-state index in [0.717, 1.165) is 17.7 Å². The van der Waals surface area contributed by atoms with Gasteiger partial charge in [-0.05, 0) is 48.3 Å². The van der Waals surface area contributed by atoms with Gasteiger partial charge in [0.15, 0.2) is 5.11 Å². The van der Waals surface area contributed by atoms with E-state index in [-0.39, 0.29) is 6.04 Å². The first-order chi connectivity index (χ1) is 13.7. The molecule has 0 bridgehead atoms. The Morgan fingerprint density at radius 1 is 0.964 bits per heavy atom. The zero-order chi connectivity index (χ0) is 19.8. The maximum absolute atomic E-state index is 5.59. The van der Waals surface area contributed by atoms with Gasteiger partial charge in [0.05, 0.1) is 13.2 Å². The van der Waals surface area contributed by atoms with Crippen LogP contribution in [0.4, 0.5) is 0 Å². The quantitative estimate of drug-likeness (QED) is 0.559. The first-order valence-corrected chi connectivity index (χ1v) is 9.83. The van der Waals surface area contributed by atoms with E-state index in [0.29, 0.717) is 11.7 Å². The number of benzene rings is 3. The Bertz CT molecular complexity index is 897. The molecule has 0 amide bonds. The van der Waals surface area contributed by atoms with Gasteiger partial charge in [0.2, 0.25) is 0 Å². The Labute approximate surface area is 172 Å². The van der Waals surface area contributed by atoms with Gasteiger partial charge in [0.1, 0.15) is 5.75 Å². The van der Waals surface area contributed by atoms with Crippen LogP contribution in [-0.4, -0.2) is 12.2 Å². The topological polar surface area (TPSA) is 33.3 Å². The second-order valence-corrected chi connectivity index (χ2v) is 7.20. The van der Waals surface area contributed by atoms with E-state index in [1.807, 2.05) is 18.2 Å². The zero-order valence-corrected chi connectivity index (χ0v) is 17.1. The first kappa shape index (κ1) is 19.9. The SMILES string of the molecule is COc1cc(C)ccc1CNC(=S)NC(Cc1ccccc1)c1ccccc1. The number of hydrogen-bond donors (Lipinski definition) is 2. The van der Waals surface area contributed by atoms with Gasteiger partial charge >= 0.3 is 0 Å². The molecule has 3 rings (SSSR count). The summed E-state index contributed by atoms with van der Waals surface area (Å²) in [5.74, 6) is 0.874. The standard InChI is InChI=1S/C24H26N2OS/c1-18-13-14-21(23(15-18)27-2)17-25-24(28)26-22(20-11-7-4-8-12-20)16-19-9-5-3-6-10-19/h3-15,22H,16-17H2,1-2H3,(H2,25,26,28). The highest BCUT2D eigenvalue weighted by atomic mass is 32.1. The first-order valence-electron chi connectivity index (χ1n) is 9.42. The third kappa shape index (κ3) is 5.57. The van der Waals surface area contributed by atoms with Crippen LogP contribution in [0.2, 0.25) is 0 Å². The van der Waals surface area contributed by atoms with Crippen LogP contribution in [0.1, 0.15) is 28.3 Å². The van der Waals surface area contributed by atoms with E-state index in [1.165, 1.54) is 16.7 Å². The van der Waals surface area contributed by atoms with Crippen molar-refractivity contribution in [2.45, 2.75) is 25.9 Å². The Hall–Kier alpha value is -2.85. The van der Waals surface area contributed by atoms with Crippen LogP contribution in [0.15, 0.2) is 78.9 Å². The van der Waals surface area contributed by atoms with Crippen molar-refractivity contribution in [1.82, 2.24) is 10.6 Å². The fourth-order valence-electron chi connectivity index (χ4n) is 3.17. The molecule has 28 heavy (non-hydrogen) atoms. The average molecular weight is 391 g/mol. The molecule has 3 aromatic rings. The van der Waals surface area contributed by atoms with Crippen LogP contribution < -0.4 is 15.4 Å². The van der Waals surface area contributed by atoms with E-state index in [1.54, 1.807) is 7.11 Å². The number of aryl methyl sites for hydroxylation is 1. The predicted molar refractivity (Wildman–Crippen MR) is 120 cm³/mol. The summed E-state index contributed by atoms with van der Waals surface area (Å²) < 4.78 is 5.48. The summed E-state index contributed by atoms with van der Waals surface area (Å²) in [4.78, 5) is 0. The molecule has 144 valence electrons. The molecule has 0 fully saturated rings. The molecule has 3 aromatic carbocycles. The van der Waals surface area contributed by atoms with Crippen LogP contribution in [0.5, 0.6) is 5.75 Å². The minimum absolute atomic E-state index is 0.100. The number of nitrogens with one attached hydrogen (secondary N) is 2. The zero-order valence-electron chi connectivity index (χ0n) is 16.3. The normalized spacial score (nSPS) is 11.5. The van der Waals surface area contributed by atoms with Crippen LogP contribution >= 0.6 is 12.2 Å². The van der Waals surface area contributed by atoms with Gasteiger partial charge in [-0.1, -0.05) is 72.8 Å². The number of methoxy groups -OCH3 is 1. The number of thiocarbonyl (C=S) groups is 1. The minimum Gasteiger partial charge on any atom is -0.496 e. The van der Waals surface area contributed by atoms with Gasteiger partial charge in [0.25, 0.3) is 0 Å². The third-order valence-electron chi connectivity index (χ3n) is 4.67. The lowest BCUT2D eigenvalue weighted by atomic mass is 9.99. The van der Waals surface area contributed by atoms with Crippen molar-refractivity contribution in [3.63, 3.8) is 0 Å². The largest absolute Gasteiger partial charge is 0.496 e. The van der Waals surface area contributed by atoms with Crippen molar-refractivity contribution in [3.8, 4) is 5.75 Å². The molecular formula is C24H26N2OS. The molecule has 0 saturated heterocycles. The number of hydrogen-bond acceptors (Lipinski definition) is 2. The maximum Gasteiger partial charge on any atom is 0.167 e. The van der Waals surface area contributed by atoms with Gasteiger partial charge in [-0.2, -0.15) is 0 Å². The Morgan fingerprint density at radius 2 is 1.64 bits per heavy atom. The molecule has 0 radical (unpaired) electrons. The summed E-state index contributed by atoms with van der Waals surface area (Å²) in [6.45, 7) is 2.67. The molecule has 0 spiro atoms. The van der Waals surface area contributed by atoms with Gasteiger partial charge < -0.3 is 15.4 Å². The molecule has 1 unspecified atom stereocenters. The van der Waals surface area contributed by atoms with Gasteiger partial charge in [-0.3, -0.25) is 0 Å². The molecule has 2 N–H and O–H groups in total. The molecule has 0 aliphatic heterocycles. The number of rotatable bonds is 7. The van der Waals surface area contributed by atoms with Crippen LogP contribution in [-0.2, 0) is 13.0 Å². The summed E-state index contributed by atoms with van der Waals surface area (Å²) in [5.41, 5.74) is 4.74. The summed E-state index contributed by atoms with van der Waals surface area (Å²) in [6.07, 6.45) is 0.862. The van der Waals surface area contributed by atoms with Gasteiger partial charge in [-0.25, -0.2) is 0 Å². The van der Waals surface area contributed by atoms with Crippen molar-refractivity contribution < 1.29 is 4.74 Å². The smallest absolute Gasteiger partial charge is 0.167 e. The molecule has 0 heterocycles. The van der Waals surface area contributed by atoms with E-state index in [4.69, 9.17) is 17.0 Å². The van der Waals surface area contributed by atoms with E-state index in [2.05, 4.69) is 78.2 Å². The van der Waals surface area contributed by atoms with Crippen molar-refractivity contribution in [3.05, 3.63) is 101 Å². The Kier molecular flexibility index (Phi) is 7.04. The van der Waals surface area contributed by atoms with Crippen molar-refractivity contribution >= 4 is 17.3 Å².